The fourth-order valence-corrected chi connectivity index (χ4v) is 2.69. The van der Waals surface area contributed by atoms with Gasteiger partial charge in [0.2, 0.25) is 0 Å². The minimum atomic E-state index is -0.0277. The number of rotatable bonds is 1. The lowest BCUT2D eigenvalue weighted by Gasteiger charge is -2.37. The van der Waals surface area contributed by atoms with Crippen LogP contribution in [0.1, 0.15) is 18.4 Å². The molecule has 0 spiro atoms. The summed E-state index contributed by atoms with van der Waals surface area (Å²) in [6.07, 6.45) is 1.98. The molecule has 1 aromatic rings. The first kappa shape index (κ1) is 11.3. The lowest BCUT2D eigenvalue weighted by molar-refractivity contribution is 0.163. The molecule has 0 atom stereocenters. The minimum absolute atomic E-state index is 0.0277. The number of anilines is 1. The van der Waals surface area contributed by atoms with Gasteiger partial charge in [-0.05, 0) is 49.7 Å². The number of urea groups is 1. The van der Waals surface area contributed by atoms with Crippen LogP contribution in [0.3, 0.4) is 0 Å². The van der Waals surface area contributed by atoms with Gasteiger partial charge in [-0.25, -0.2) is 4.79 Å². The number of phenolic OH excluding ortho intramolecular Hbond substituents is 1. The number of nitrogens with one attached hydrogen (secondary N) is 2. The highest BCUT2D eigenvalue weighted by atomic mass is 16.3. The maximum Gasteiger partial charge on any atom is 0.322 e. The zero-order valence-electron chi connectivity index (χ0n) is 10.1. The Morgan fingerprint density at radius 1 is 1.28 bits per heavy atom. The van der Waals surface area contributed by atoms with Gasteiger partial charge in [-0.2, -0.15) is 0 Å². The quantitative estimate of drug-likeness (QED) is 0.659. The van der Waals surface area contributed by atoms with Crippen LogP contribution in [-0.2, 0) is 6.54 Å². The molecule has 2 aliphatic heterocycles. The number of aromatic hydroxyl groups is 1. The Balaban J connectivity index is 1.83. The van der Waals surface area contributed by atoms with E-state index in [0.29, 0.717) is 12.6 Å². The highest BCUT2D eigenvalue weighted by Gasteiger charge is 2.29. The second-order valence-corrected chi connectivity index (χ2v) is 4.88. The van der Waals surface area contributed by atoms with E-state index >= 15 is 0 Å². The Bertz CT molecular complexity index is 469. The number of amides is 2. The van der Waals surface area contributed by atoms with E-state index in [4.69, 9.17) is 0 Å². The molecule has 2 heterocycles. The summed E-state index contributed by atoms with van der Waals surface area (Å²) in [4.78, 5) is 14.0. The van der Waals surface area contributed by atoms with Crippen molar-refractivity contribution in [3.63, 3.8) is 0 Å². The van der Waals surface area contributed by atoms with E-state index in [1.807, 2.05) is 4.90 Å². The summed E-state index contributed by atoms with van der Waals surface area (Å²) >= 11 is 0. The predicted molar refractivity (Wildman–Crippen MR) is 68.6 cm³/mol. The molecule has 3 rings (SSSR count). The molecule has 0 bridgehead atoms. The average molecular weight is 247 g/mol. The van der Waals surface area contributed by atoms with Gasteiger partial charge in [0.15, 0.2) is 0 Å². The van der Waals surface area contributed by atoms with Crippen molar-refractivity contribution in [2.75, 3.05) is 18.4 Å². The number of fused-ring (bicyclic) bond motifs is 1. The third-order valence-electron chi connectivity index (χ3n) is 3.68. The Morgan fingerprint density at radius 2 is 2.06 bits per heavy atom. The summed E-state index contributed by atoms with van der Waals surface area (Å²) in [6, 6.07) is 5.34. The second-order valence-electron chi connectivity index (χ2n) is 4.88. The van der Waals surface area contributed by atoms with Crippen molar-refractivity contribution in [2.24, 2.45) is 0 Å². The van der Waals surface area contributed by atoms with Gasteiger partial charge in [0.1, 0.15) is 5.75 Å². The summed E-state index contributed by atoms with van der Waals surface area (Å²) < 4.78 is 0. The van der Waals surface area contributed by atoms with Crippen molar-refractivity contribution >= 4 is 11.7 Å². The van der Waals surface area contributed by atoms with Gasteiger partial charge in [0.05, 0.1) is 0 Å². The fourth-order valence-electron chi connectivity index (χ4n) is 2.69. The smallest absolute Gasteiger partial charge is 0.322 e. The van der Waals surface area contributed by atoms with Gasteiger partial charge in [-0.3, -0.25) is 0 Å². The summed E-state index contributed by atoms with van der Waals surface area (Å²) in [7, 11) is 0. The first-order chi connectivity index (χ1) is 8.74. The fraction of sp³-hybridized carbons (Fsp3) is 0.462. The molecule has 1 saturated heterocycles. The SMILES string of the molecule is O=C1Nc2ccc(O)cc2CN1C1CCNCC1. The van der Waals surface area contributed by atoms with Crippen LogP contribution in [0.25, 0.3) is 0 Å². The number of hydrogen-bond acceptors (Lipinski definition) is 3. The molecule has 5 heteroatoms. The maximum absolute atomic E-state index is 12.1. The van der Waals surface area contributed by atoms with E-state index in [2.05, 4.69) is 10.6 Å². The number of hydrogen-bond donors (Lipinski definition) is 3. The molecule has 0 aromatic heterocycles. The molecule has 2 aliphatic rings. The lowest BCUT2D eigenvalue weighted by atomic mass is 10.0. The molecular formula is C13H17N3O2. The zero-order chi connectivity index (χ0) is 12.5. The third kappa shape index (κ3) is 2.01. The molecule has 3 N–H and O–H groups in total. The second kappa shape index (κ2) is 4.49. The Kier molecular flexibility index (Phi) is 2.83. The van der Waals surface area contributed by atoms with E-state index in [-0.39, 0.29) is 11.8 Å². The molecule has 1 fully saturated rings. The van der Waals surface area contributed by atoms with Crippen LogP contribution in [-0.4, -0.2) is 35.2 Å². The average Bonchev–Trinajstić information content (AvgIpc) is 2.39. The lowest BCUT2D eigenvalue weighted by Crippen LogP contribution is -2.49. The van der Waals surface area contributed by atoms with Crippen LogP contribution in [0, 0.1) is 0 Å². The Labute approximate surface area is 106 Å². The Morgan fingerprint density at radius 3 is 2.83 bits per heavy atom. The van der Waals surface area contributed by atoms with Crippen LogP contribution >= 0.6 is 0 Å². The monoisotopic (exact) mass is 247 g/mol. The van der Waals surface area contributed by atoms with E-state index in [0.717, 1.165) is 37.2 Å². The molecular weight excluding hydrogens is 230 g/mol. The highest BCUT2D eigenvalue weighted by Crippen LogP contribution is 2.29. The molecule has 0 aliphatic carbocycles. The molecule has 0 unspecified atom stereocenters. The van der Waals surface area contributed by atoms with Crippen LogP contribution in [0.4, 0.5) is 10.5 Å². The van der Waals surface area contributed by atoms with Crippen LogP contribution in [0.15, 0.2) is 18.2 Å². The van der Waals surface area contributed by atoms with Crippen molar-refractivity contribution < 1.29 is 9.90 Å². The molecule has 0 radical (unpaired) electrons. The van der Waals surface area contributed by atoms with Crippen molar-refractivity contribution in [1.29, 1.82) is 0 Å². The molecule has 2 amide bonds. The van der Waals surface area contributed by atoms with Crippen LogP contribution in [0.2, 0.25) is 0 Å². The van der Waals surface area contributed by atoms with Gasteiger partial charge in [-0.1, -0.05) is 0 Å². The van der Waals surface area contributed by atoms with E-state index in [1.54, 1.807) is 18.2 Å². The van der Waals surface area contributed by atoms with E-state index in [9.17, 15) is 9.90 Å². The van der Waals surface area contributed by atoms with Gasteiger partial charge < -0.3 is 20.6 Å². The number of phenols is 1. The van der Waals surface area contributed by atoms with Gasteiger partial charge in [0.25, 0.3) is 0 Å². The van der Waals surface area contributed by atoms with Crippen molar-refractivity contribution in [2.45, 2.75) is 25.4 Å². The van der Waals surface area contributed by atoms with Crippen LogP contribution in [0.5, 0.6) is 5.75 Å². The highest BCUT2D eigenvalue weighted by molar-refractivity contribution is 5.92. The molecule has 1 aromatic carbocycles. The maximum atomic E-state index is 12.1. The van der Waals surface area contributed by atoms with Crippen molar-refractivity contribution in [3.05, 3.63) is 23.8 Å². The number of carbonyl (C=O) groups excluding carboxylic acids is 1. The van der Waals surface area contributed by atoms with Crippen molar-refractivity contribution in [3.8, 4) is 5.75 Å². The third-order valence-corrected chi connectivity index (χ3v) is 3.68. The first-order valence-electron chi connectivity index (χ1n) is 6.34. The van der Waals surface area contributed by atoms with E-state index in [1.165, 1.54) is 0 Å². The summed E-state index contributed by atoms with van der Waals surface area (Å²) in [5.41, 5.74) is 1.79. The van der Waals surface area contributed by atoms with E-state index < -0.39 is 0 Å². The molecule has 5 nitrogen and oxygen atoms in total. The normalized spacial score (nSPS) is 20.4. The predicted octanol–water partition coefficient (Wildman–Crippen LogP) is 1.49. The topological polar surface area (TPSA) is 64.6 Å². The molecule has 0 saturated carbocycles. The number of benzene rings is 1. The first-order valence-corrected chi connectivity index (χ1v) is 6.34. The van der Waals surface area contributed by atoms with Crippen molar-refractivity contribution in [1.82, 2.24) is 10.2 Å². The van der Waals surface area contributed by atoms with Gasteiger partial charge in [0, 0.05) is 18.3 Å². The van der Waals surface area contributed by atoms with Gasteiger partial charge >= 0.3 is 6.03 Å². The number of carbonyl (C=O) groups is 1. The largest absolute Gasteiger partial charge is 0.508 e. The summed E-state index contributed by atoms with van der Waals surface area (Å²) in [5, 5.41) is 15.7. The number of nitrogens with zero attached hydrogens (tertiary/aromatic N) is 1. The van der Waals surface area contributed by atoms with Gasteiger partial charge in [-0.15, -0.1) is 0 Å². The molecule has 96 valence electrons. The molecule has 18 heavy (non-hydrogen) atoms. The summed E-state index contributed by atoms with van der Waals surface area (Å²) in [5.74, 6) is 0.246. The van der Waals surface area contributed by atoms with Crippen LogP contribution < -0.4 is 10.6 Å². The standard InChI is InChI=1S/C13H17N3O2/c17-11-1-2-12-9(7-11)8-16(13(18)15-12)10-3-5-14-6-4-10/h1-2,7,10,14,17H,3-6,8H2,(H,15,18). The Hall–Kier alpha value is -1.75. The zero-order valence-corrected chi connectivity index (χ0v) is 10.1. The summed E-state index contributed by atoms with van der Waals surface area (Å²) in [6.45, 7) is 2.50. The minimum Gasteiger partial charge on any atom is -0.508 e. The number of piperidine rings is 1.